The second-order valence-electron chi connectivity index (χ2n) is 25.5. The monoisotopic (exact) mass is 1250 g/mol. The van der Waals surface area contributed by atoms with Crippen molar-refractivity contribution in [2.75, 3.05) is 118 Å². The lowest BCUT2D eigenvalue weighted by molar-refractivity contribution is -0.147. The van der Waals surface area contributed by atoms with Gasteiger partial charge in [-0.25, -0.2) is 0 Å². The van der Waals surface area contributed by atoms with Crippen LogP contribution in [-0.2, 0) is 57.2 Å². The lowest BCUT2D eigenvalue weighted by Crippen LogP contribution is -2.45. The number of carbonyl (C=O) groups is 6. The molecule has 0 saturated carbocycles. The van der Waals surface area contributed by atoms with Crippen LogP contribution in [0.1, 0.15) is 276 Å². The highest BCUT2D eigenvalue weighted by Gasteiger charge is 2.22. The Labute approximate surface area is 539 Å². The second kappa shape index (κ2) is 58.7. The van der Waals surface area contributed by atoms with Crippen LogP contribution in [0.4, 0.5) is 0 Å². The summed E-state index contributed by atoms with van der Waals surface area (Å²) in [6, 6.07) is 0. The Balaban J connectivity index is 7.16. The van der Waals surface area contributed by atoms with E-state index in [1.165, 1.54) is 0 Å². The van der Waals surface area contributed by atoms with E-state index in [0.29, 0.717) is 154 Å². The Hall–Kier alpha value is -3.34. The van der Waals surface area contributed by atoms with Crippen molar-refractivity contribution in [1.82, 2.24) is 19.6 Å². The van der Waals surface area contributed by atoms with Crippen molar-refractivity contribution in [3.05, 3.63) is 0 Å². The van der Waals surface area contributed by atoms with Crippen LogP contribution in [0.3, 0.4) is 0 Å². The zero-order chi connectivity index (χ0) is 65.4. The van der Waals surface area contributed by atoms with Gasteiger partial charge in [0.05, 0.1) is 78.2 Å². The number of ether oxygens (including phenoxy) is 6. The maximum atomic E-state index is 13.4. The first-order chi connectivity index (χ1) is 42.6. The fourth-order valence-electron chi connectivity index (χ4n) is 10.8. The Kier molecular flexibility index (Phi) is 56.5. The van der Waals surface area contributed by atoms with Crippen LogP contribution in [-0.4, -0.2) is 174 Å². The van der Waals surface area contributed by atoms with Crippen molar-refractivity contribution in [3.63, 3.8) is 0 Å². The van der Waals surface area contributed by atoms with Crippen molar-refractivity contribution in [1.29, 1.82) is 0 Å². The summed E-state index contributed by atoms with van der Waals surface area (Å²) in [5.41, 5.74) is 0. The highest BCUT2D eigenvalue weighted by Crippen LogP contribution is 2.19. The van der Waals surface area contributed by atoms with E-state index in [1.54, 1.807) is 0 Å². The molecule has 88 heavy (non-hydrogen) atoms. The molecule has 0 aromatic rings. The minimum Gasteiger partial charge on any atom is -0.465 e. The van der Waals surface area contributed by atoms with Crippen molar-refractivity contribution in [3.8, 4) is 0 Å². The number of hydrogen-bond donors (Lipinski definition) is 0. The molecule has 0 saturated heterocycles. The Bertz CT molecular complexity index is 1410. The third kappa shape index (κ3) is 47.6. The van der Waals surface area contributed by atoms with E-state index in [4.69, 9.17) is 28.4 Å². The molecule has 0 amide bonds. The van der Waals surface area contributed by atoms with E-state index in [0.717, 1.165) is 154 Å². The number of rotatable bonds is 63. The number of esters is 6. The molecule has 0 aliphatic carbocycles. The van der Waals surface area contributed by atoms with Gasteiger partial charge in [-0.1, -0.05) is 199 Å². The first-order valence-corrected chi connectivity index (χ1v) is 36.4. The van der Waals surface area contributed by atoms with Gasteiger partial charge >= 0.3 is 35.8 Å². The zero-order valence-corrected chi connectivity index (χ0v) is 59.1. The van der Waals surface area contributed by atoms with Gasteiger partial charge in [0, 0.05) is 78.5 Å². The minimum atomic E-state index is -0.254. The average molecular weight is 1250 g/mol. The van der Waals surface area contributed by atoms with Gasteiger partial charge in [0.2, 0.25) is 0 Å². The largest absolute Gasteiger partial charge is 0.465 e. The lowest BCUT2D eigenvalue weighted by Gasteiger charge is -2.32. The molecule has 518 valence electrons. The van der Waals surface area contributed by atoms with Gasteiger partial charge in [0.25, 0.3) is 0 Å². The molecule has 0 aliphatic heterocycles. The van der Waals surface area contributed by atoms with Crippen molar-refractivity contribution in [2.45, 2.75) is 276 Å². The molecular formula is C72H138N4O12. The highest BCUT2D eigenvalue weighted by molar-refractivity contribution is 5.71. The normalized spacial score (nSPS) is 13.8. The molecule has 0 heterocycles. The van der Waals surface area contributed by atoms with Gasteiger partial charge in [-0.15, -0.1) is 0 Å². The first kappa shape index (κ1) is 84.7. The summed E-state index contributed by atoms with van der Waals surface area (Å²) in [6.07, 6.45) is 26.0. The third-order valence-corrected chi connectivity index (χ3v) is 18.1. The molecule has 16 heteroatoms. The van der Waals surface area contributed by atoms with Gasteiger partial charge in [0.15, 0.2) is 0 Å². The summed E-state index contributed by atoms with van der Waals surface area (Å²) in [5, 5.41) is 0. The summed E-state index contributed by atoms with van der Waals surface area (Å²) < 4.78 is 35.2. The lowest BCUT2D eigenvalue weighted by atomic mass is 10.0. The van der Waals surface area contributed by atoms with Crippen molar-refractivity contribution < 1.29 is 57.2 Å². The Morgan fingerprint density at radius 2 is 0.364 bits per heavy atom. The van der Waals surface area contributed by atoms with Gasteiger partial charge in [-0.2, -0.15) is 0 Å². The molecule has 0 aliphatic rings. The summed E-state index contributed by atoms with van der Waals surface area (Å²) in [6.45, 7) is 33.9. The van der Waals surface area contributed by atoms with Crippen LogP contribution in [0.15, 0.2) is 0 Å². The van der Waals surface area contributed by atoms with Crippen LogP contribution in [0, 0.1) is 35.5 Å². The average Bonchev–Trinajstić information content (AvgIpc) is 3.70. The molecule has 6 unspecified atom stereocenters. The highest BCUT2D eigenvalue weighted by atomic mass is 16.6. The molecule has 0 aromatic heterocycles. The Morgan fingerprint density at radius 3 is 0.489 bits per heavy atom. The fourth-order valence-corrected chi connectivity index (χ4v) is 10.8. The van der Waals surface area contributed by atoms with Crippen LogP contribution in [0.2, 0.25) is 0 Å². The van der Waals surface area contributed by atoms with Crippen molar-refractivity contribution >= 4 is 35.8 Å². The molecule has 0 bridgehead atoms. The minimum absolute atomic E-state index is 0.179. The van der Waals surface area contributed by atoms with Gasteiger partial charge < -0.3 is 43.1 Å². The summed E-state index contributed by atoms with van der Waals surface area (Å²) in [7, 11) is 0. The molecule has 0 rings (SSSR count). The summed E-state index contributed by atoms with van der Waals surface area (Å²) in [5.74, 6) is 0.396. The smallest absolute Gasteiger partial charge is 0.307 e. The molecule has 0 aromatic carbocycles. The predicted octanol–water partition coefficient (Wildman–Crippen LogP) is 15.1. The molecule has 6 atom stereocenters. The van der Waals surface area contributed by atoms with Crippen molar-refractivity contribution in [2.24, 2.45) is 35.5 Å². The number of carbonyl (C=O) groups excluding carboxylic acids is 6. The van der Waals surface area contributed by atoms with Crippen LogP contribution < -0.4 is 0 Å². The van der Waals surface area contributed by atoms with Crippen LogP contribution >= 0.6 is 0 Å². The molecule has 0 fully saturated rings. The number of hydrogen-bond acceptors (Lipinski definition) is 16. The molecule has 0 spiro atoms. The predicted molar refractivity (Wildman–Crippen MR) is 359 cm³/mol. The summed E-state index contributed by atoms with van der Waals surface area (Å²) in [4.78, 5) is 89.5. The van der Waals surface area contributed by atoms with Gasteiger partial charge in [0.1, 0.15) is 0 Å². The number of nitrogens with zero attached hydrogens (tertiary/aromatic N) is 4. The van der Waals surface area contributed by atoms with Crippen LogP contribution in [0.25, 0.3) is 0 Å². The van der Waals surface area contributed by atoms with E-state index in [-0.39, 0.29) is 74.3 Å². The van der Waals surface area contributed by atoms with E-state index in [1.807, 2.05) is 0 Å². The first-order valence-electron chi connectivity index (χ1n) is 36.4. The number of unbranched alkanes of at least 4 members (excludes halogenated alkanes) is 6. The fraction of sp³-hybridized carbons (Fsp3) is 0.917. The Morgan fingerprint density at radius 1 is 0.227 bits per heavy atom. The topological polar surface area (TPSA) is 171 Å². The van der Waals surface area contributed by atoms with Crippen LogP contribution in [0.5, 0.6) is 0 Å². The van der Waals surface area contributed by atoms with Gasteiger partial charge in [-0.05, 0) is 74.0 Å². The van der Waals surface area contributed by atoms with E-state index >= 15 is 0 Å². The van der Waals surface area contributed by atoms with Gasteiger partial charge in [-0.3, -0.25) is 33.7 Å². The molecular weight excluding hydrogens is 1110 g/mol. The molecule has 0 N–H and O–H groups in total. The quantitative estimate of drug-likeness (QED) is 0.0416. The molecule has 16 nitrogen and oxygen atoms in total. The second-order valence-corrected chi connectivity index (χ2v) is 25.5. The third-order valence-electron chi connectivity index (χ3n) is 18.1. The SMILES string of the molecule is CCCCC(CC)COC(=O)CCN(CCC(=O)OCC(CC)CCCC)CCN(CCN(CCC(=O)OCC(CC)CCCC)CCC(=O)OCC(CC)CCCC)CCN(CCC(=O)OCC(CC)CCCC)CCC(=O)OCC(CC)CCCC. The van der Waals surface area contributed by atoms with E-state index in [2.05, 4.69) is 103 Å². The molecule has 0 radical (unpaired) electrons. The van der Waals surface area contributed by atoms with E-state index < -0.39 is 0 Å². The standard InChI is InChI=1S/C72H138N4O12/c1-13-25-31-61(19-7)55-83-67(77)37-43-73(44-38-68(78)84-56-62(20-8)32-26-14-2)49-52-76(53-50-74(45-39-69(79)85-57-63(21-9)33-27-15-3)46-40-70(80)86-58-64(22-10)34-28-16-4)54-51-75(47-41-71(81)87-59-65(23-11)35-29-17-5)48-42-72(82)88-60-66(24-12)36-30-18-6/h61-66H,13-60H2,1-12H3. The summed E-state index contributed by atoms with van der Waals surface area (Å²) >= 11 is 0. The maximum absolute atomic E-state index is 13.4. The maximum Gasteiger partial charge on any atom is 0.307 e. The zero-order valence-electron chi connectivity index (χ0n) is 59.1. The van der Waals surface area contributed by atoms with E-state index in [9.17, 15) is 28.8 Å².